The number of para-hydroxylation sites is 1. The lowest BCUT2D eigenvalue weighted by molar-refractivity contribution is -0.121. The summed E-state index contributed by atoms with van der Waals surface area (Å²) in [4.78, 5) is 12.9. The fraction of sp³-hybridized carbons (Fsp3) is 0.409. The van der Waals surface area contributed by atoms with Gasteiger partial charge in [-0.3, -0.25) is 4.79 Å². The molecule has 1 amide bonds. The van der Waals surface area contributed by atoms with E-state index < -0.39 is 10.0 Å². The van der Waals surface area contributed by atoms with Crippen LogP contribution in [-0.4, -0.2) is 29.6 Å². The van der Waals surface area contributed by atoms with E-state index in [2.05, 4.69) is 25.7 Å². The maximum Gasteiger partial charge on any atom is 0.242 e. The lowest BCUT2D eigenvalue weighted by Crippen LogP contribution is -2.33. The quantitative estimate of drug-likeness (QED) is 0.558. The van der Waals surface area contributed by atoms with Crippen molar-refractivity contribution in [3.05, 3.63) is 48.0 Å². The first-order chi connectivity index (χ1) is 15.0. The molecule has 1 heterocycles. The van der Waals surface area contributed by atoms with Crippen molar-refractivity contribution in [2.45, 2.75) is 43.9 Å². The summed E-state index contributed by atoms with van der Waals surface area (Å²) >= 11 is 1.00. The van der Waals surface area contributed by atoms with Gasteiger partial charge in [0.25, 0.3) is 0 Å². The number of carbonyl (C=O) groups excluding carboxylic acids is 1. The van der Waals surface area contributed by atoms with Crippen LogP contribution in [0, 0.1) is 11.8 Å². The second kappa shape index (κ2) is 9.42. The summed E-state index contributed by atoms with van der Waals surface area (Å²) < 4.78 is 36.5. The van der Waals surface area contributed by atoms with E-state index >= 15 is 0 Å². The average Bonchev–Trinajstić information content (AvgIpc) is 3.27. The third-order valence-corrected chi connectivity index (χ3v) is 7.97. The number of nitrogens with zero attached hydrogens (tertiary/aromatic N) is 2. The van der Waals surface area contributed by atoms with Gasteiger partial charge in [0.1, 0.15) is 15.9 Å². The van der Waals surface area contributed by atoms with Gasteiger partial charge in [0, 0.05) is 18.2 Å². The summed E-state index contributed by atoms with van der Waals surface area (Å²) in [5.74, 6) is 0.241. The number of carbonyl (C=O) groups is 1. The van der Waals surface area contributed by atoms with Crippen molar-refractivity contribution in [1.29, 1.82) is 0 Å². The maximum absolute atomic E-state index is 12.8. The molecule has 7 nitrogen and oxygen atoms in total. The van der Waals surface area contributed by atoms with Crippen molar-refractivity contribution in [3.8, 4) is 0 Å². The summed E-state index contributed by atoms with van der Waals surface area (Å²) in [6.07, 6.45) is 4.03. The SMILES string of the molecule is CCc1ccccc1NC(=O)C1CCC(CNS(=O)(=O)c2cccc3nsnc23)CC1. The molecule has 0 spiro atoms. The van der Waals surface area contributed by atoms with E-state index in [1.807, 2.05) is 24.3 Å². The number of aryl methyl sites for hydroxylation is 1. The fourth-order valence-electron chi connectivity index (χ4n) is 4.12. The molecular weight excluding hydrogens is 432 g/mol. The molecule has 1 aromatic heterocycles. The van der Waals surface area contributed by atoms with E-state index in [-0.39, 0.29) is 22.6 Å². The smallest absolute Gasteiger partial charge is 0.242 e. The number of benzene rings is 2. The minimum Gasteiger partial charge on any atom is -0.326 e. The lowest BCUT2D eigenvalue weighted by Gasteiger charge is -2.28. The van der Waals surface area contributed by atoms with E-state index in [9.17, 15) is 13.2 Å². The second-order valence-corrected chi connectivity index (χ2v) is 10.2. The normalized spacial score (nSPS) is 19.4. The second-order valence-electron chi connectivity index (χ2n) is 7.96. The van der Waals surface area contributed by atoms with Crippen LogP contribution in [0.2, 0.25) is 0 Å². The van der Waals surface area contributed by atoms with E-state index in [0.29, 0.717) is 17.6 Å². The van der Waals surface area contributed by atoms with Gasteiger partial charge in [0.2, 0.25) is 15.9 Å². The Morgan fingerprint density at radius 3 is 2.61 bits per heavy atom. The fourth-order valence-corrected chi connectivity index (χ4v) is 6.00. The molecule has 2 aromatic carbocycles. The van der Waals surface area contributed by atoms with Crippen LogP contribution >= 0.6 is 11.7 Å². The molecule has 0 bridgehead atoms. The Morgan fingerprint density at radius 2 is 1.84 bits per heavy atom. The molecule has 9 heteroatoms. The van der Waals surface area contributed by atoms with Crippen molar-refractivity contribution in [2.24, 2.45) is 11.8 Å². The predicted octanol–water partition coefficient (Wildman–Crippen LogP) is 3.98. The van der Waals surface area contributed by atoms with Crippen LogP contribution in [0.25, 0.3) is 11.0 Å². The van der Waals surface area contributed by atoms with Crippen LogP contribution < -0.4 is 10.0 Å². The Hall–Kier alpha value is -2.36. The molecule has 4 rings (SSSR count). The molecule has 1 fully saturated rings. The summed E-state index contributed by atoms with van der Waals surface area (Å²) in [7, 11) is -3.66. The standard InChI is InChI=1S/C22H26N4O3S2/c1-2-16-6-3-4-7-18(16)24-22(27)17-12-10-15(11-13-17)14-23-31(28,29)20-9-5-8-19-21(20)26-30-25-19/h3-9,15,17,23H,2,10-14H2,1H3,(H,24,27). The van der Waals surface area contributed by atoms with Crippen LogP contribution in [0.15, 0.2) is 47.4 Å². The third-order valence-electron chi connectivity index (χ3n) is 5.97. The summed E-state index contributed by atoms with van der Waals surface area (Å²) in [5.41, 5.74) is 3.01. The van der Waals surface area contributed by atoms with Gasteiger partial charge in [-0.15, -0.1) is 0 Å². The molecule has 0 atom stereocenters. The molecule has 1 saturated carbocycles. The molecule has 164 valence electrons. The minimum atomic E-state index is -3.66. The molecule has 0 aliphatic heterocycles. The predicted molar refractivity (Wildman–Crippen MR) is 123 cm³/mol. The number of hydrogen-bond acceptors (Lipinski definition) is 6. The molecule has 0 radical (unpaired) electrons. The van der Waals surface area contributed by atoms with Crippen molar-refractivity contribution < 1.29 is 13.2 Å². The summed E-state index contributed by atoms with van der Waals surface area (Å²) in [5, 5.41) is 3.08. The van der Waals surface area contributed by atoms with Crippen LogP contribution in [0.5, 0.6) is 0 Å². The van der Waals surface area contributed by atoms with Crippen LogP contribution in [0.4, 0.5) is 5.69 Å². The number of sulfonamides is 1. The Morgan fingerprint density at radius 1 is 1.06 bits per heavy atom. The largest absolute Gasteiger partial charge is 0.326 e. The molecule has 31 heavy (non-hydrogen) atoms. The van der Waals surface area contributed by atoms with Crippen molar-refractivity contribution in [1.82, 2.24) is 13.5 Å². The first kappa shape index (κ1) is 21.9. The number of rotatable bonds is 7. The monoisotopic (exact) mass is 458 g/mol. The Labute approximate surface area is 186 Å². The van der Waals surface area contributed by atoms with Gasteiger partial charge in [-0.2, -0.15) is 8.75 Å². The number of nitrogens with one attached hydrogen (secondary N) is 2. The molecule has 2 N–H and O–H groups in total. The topological polar surface area (TPSA) is 101 Å². The van der Waals surface area contributed by atoms with E-state index in [1.54, 1.807) is 18.2 Å². The first-order valence-electron chi connectivity index (χ1n) is 10.6. The van der Waals surface area contributed by atoms with Crippen LogP contribution in [0.1, 0.15) is 38.2 Å². The summed E-state index contributed by atoms with van der Waals surface area (Å²) in [6, 6.07) is 12.9. The Bertz CT molecular complexity index is 1170. The van der Waals surface area contributed by atoms with Gasteiger partial charge < -0.3 is 5.32 Å². The molecule has 3 aromatic rings. The van der Waals surface area contributed by atoms with Crippen molar-refractivity contribution in [3.63, 3.8) is 0 Å². The molecule has 1 aliphatic carbocycles. The molecule has 1 aliphatic rings. The zero-order chi connectivity index (χ0) is 21.8. The number of hydrogen-bond donors (Lipinski definition) is 2. The molecular formula is C22H26N4O3S2. The number of fused-ring (bicyclic) bond motifs is 1. The van der Waals surface area contributed by atoms with Gasteiger partial charge in [0.15, 0.2) is 0 Å². The molecule has 0 saturated heterocycles. The zero-order valence-corrected chi connectivity index (χ0v) is 19.0. The van der Waals surface area contributed by atoms with E-state index in [0.717, 1.165) is 55.1 Å². The number of amides is 1. The third kappa shape index (κ3) is 4.94. The maximum atomic E-state index is 12.8. The van der Waals surface area contributed by atoms with Gasteiger partial charge in [-0.05, 0) is 61.8 Å². The van der Waals surface area contributed by atoms with Gasteiger partial charge >= 0.3 is 0 Å². The zero-order valence-electron chi connectivity index (χ0n) is 17.4. The van der Waals surface area contributed by atoms with Crippen molar-refractivity contribution >= 4 is 44.4 Å². The highest BCUT2D eigenvalue weighted by Crippen LogP contribution is 2.30. The van der Waals surface area contributed by atoms with Crippen molar-refractivity contribution in [2.75, 3.05) is 11.9 Å². The minimum absolute atomic E-state index is 0.0346. The summed E-state index contributed by atoms with van der Waals surface area (Å²) in [6.45, 7) is 2.44. The highest BCUT2D eigenvalue weighted by atomic mass is 32.2. The molecule has 0 unspecified atom stereocenters. The first-order valence-corrected chi connectivity index (χ1v) is 12.8. The number of anilines is 1. The van der Waals surface area contributed by atoms with Gasteiger partial charge in [-0.25, -0.2) is 13.1 Å². The van der Waals surface area contributed by atoms with Crippen LogP contribution in [-0.2, 0) is 21.2 Å². The van der Waals surface area contributed by atoms with Gasteiger partial charge in [0.05, 0.1) is 11.7 Å². The van der Waals surface area contributed by atoms with E-state index in [4.69, 9.17) is 0 Å². The Kier molecular flexibility index (Phi) is 6.64. The van der Waals surface area contributed by atoms with Gasteiger partial charge in [-0.1, -0.05) is 31.2 Å². The highest BCUT2D eigenvalue weighted by Gasteiger charge is 2.28. The van der Waals surface area contributed by atoms with Crippen LogP contribution in [0.3, 0.4) is 0 Å². The highest BCUT2D eigenvalue weighted by molar-refractivity contribution is 7.89. The average molecular weight is 459 g/mol. The number of aromatic nitrogens is 2. The Balaban J connectivity index is 1.31. The van der Waals surface area contributed by atoms with E-state index in [1.165, 1.54) is 0 Å². The lowest BCUT2D eigenvalue weighted by atomic mass is 9.81.